The first kappa shape index (κ1) is 18.1. The summed E-state index contributed by atoms with van der Waals surface area (Å²) < 4.78 is 5.49. The maximum atomic E-state index is 10.8. The Kier molecular flexibility index (Phi) is 5.98. The zero-order valence-electron chi connectivity index (χ0n) is 14.4. The zero-order chi connectivity index (χ0) is 18.4. The number of rotatable bonds is 7. The molecule has 8 nitrogen and oxygen atoms in total. The summed E-state index contributed by atoms with van der Waals surface area (Å²) in [6.45, 7) is 3.99. The fraction of sp³-hybridized carbons (Fsp3) is 0.389. The molecule has 3 rings (SSSR count). The Labute approximate surface area is 151 Å². The van der Waals surface area contributed by atoms with Crippen LogP contribution in [0.25, 0.3) is 0 Å². The molecule has 0 radical (unpaired) electrons. The van der Waals surface area contributed by atoms with Gasteiger partial charge in [-0.3, -0.25) is 15.0 Å². The number of β-amino-alcohol motifs (C(OH)–C–C–N with tert-alkyl or cyclic N) is 1. The molecule has 1 atom stereocenters. The van der Waals surface area contributed by atoms with Crippen LogP contribution in [0.5, 0.6) is 5.75 Å². The number of nitro benzene ring substituents is 1. The Hall–Kier alpha value is -2.71. The summed E-state index contributed by atoms with van der Waals surface area (Å²) in [4.78, 5) is 19.1. The van der Waals surface area contributed by atoms with E-state index in [2.05, 4.69) is 14.8 Å². The van der Waals surface area contributed by atoms with Crippen molar-refractivity contribution in [2.45, 2.75) is 6.10 Å². The number of anilines is 1. The average Bonchev–Trinajstić information content (AvgIpc) is 2.68. The van der Waals surface area contributed by atoms with Gasteiger partial charge in [-0.25, -0.2) is 4.98 Å². The second-order valence-corrected chi connectivity index (χ2v) is 6.19. The van der Waals surface area contributed by atoms with Gasteiger partial charge < -0.3 is 14.7 Å². The van der Waals surface area contributed by atoms with Crippen molar-refractivity contribution in [3.8, 4) is 5.75 Å². The second-order valence-electron chi connectivity index (χ2n) is 6.19. The van der Waals surface area contributed by atoms with E-state index in [-0.39, 0.29) is 12.3 Å². The molecule has 0 spiro atoms. The van der Waals surface area contributed by atoms with Crippen LogP contribution >= 0.6 is 0 Å². The zero-order valence-corrected chi connectivity index (χ0v) is 14.4. The van der Waals surface area contributed by atoms with Gasteiger partial charge in [0.2, 0.25) is 0 Å². The SMILES string of the molecule is O=[N+]([O-])c1cccc(OCC(O)CN2CCN(c3ccccn3)CC2)c1. The molecule has 1 aromatic carbocycles. The summed E-state index contributed by atoms with van der Waals surface area (Å²) >= 11 is 0. The third-order valence-corrected chi connectivity index (χ3v) is 4.29. The molecular formula is C18H22N4O4. The highest BCUT2D eigenvalue weighted by atomic mass is 16.6. The van der Waals surface area contributed by atoms with Gasteiger partial charge in [-0.05, 0) is 18.2 Å². The normalized spacial score (nSPS) is 16.3. The number of aliphatic hydroxyl groups is 1. The van der Waals surface area contributed by atoms with E-state index in [9.17, 15) is 15.2 Å². The van der Waals surface area contributed by atoms with E-state index in [1.807, 2.05) is 18.2 Å². The first-order chi connectivity index (χ1) is 12.6. The number of hydrogen-bond acceptors (Lipinski definition) is 7. The average molecular weight is 358 g/mol. The molecule has 0 amide bonds. The van der Waals surface area contributed by atoms with Crippen molar-refractivity contribution < 1.29 is 14.8 Å². The molecule has 1 aromatic heterocycles. The molecule has 0 aliphatic carbocycles. The summed E-state index contributed by atoms with van der Waals surface area (Å²) in [6.07, 6.45) is 1.13. The van der Waals surface area contributed by atoms with Crippen molar-refractivity contribution >= 4 is 11.5 Å². The van der Waals surface area contributed by atoms with E-state index < -0.39 is 11.0 Å². The van der Waals surface area contributed by atoms with Gasteiger partial charge in [0, 0.05) is 45.0 Å². The number of hydrogen-bond donors (Lipinski definition) is 1. The number of benzene rings is 1. The quantitative estimate of drug-likeness (QED) is 0.593. The Morgan fingerprint density at radius 2 is 2.00 bits per heavy atom. The van der Waals surface area contributed by atoms with Gasteiger partial charge in [0.05, 0.1) is 11.0 Å². The molecule has 26 heavy (non-hydrogen) atoms. The highest BCUT2D eigenvalue weighted by Gasteiger charge is 2.20. The maximum Gasteiger partial charge on any atom is 0.273 e. The second kappa shape index (κ2) is 8.59. The number of piperazine rings is 1. The number of nitrogens with zero attached hydrogens (tertiary/aromatic N) is 4. The minimum absolute atomic E-state index is 0.0253. The standard InChI is InChI=1S/C18H22N4O4/c23-16(14-26-17-5-3-4-15(12-17)22(24)25)13-20-8-10-21(11-9-20)18-6-1-2-7-19-18/h1-7,12,16,23H,8-11,13-14H2. The van der Waals surface area contributed by atoms with E-state index in [0.717, 1.165) is 32.0 Å². The molecule has 1 unspecified atom stereocenters. The summed E-state index contributed by atoms with van der Waals surface area (Å²) in [5, 5.41) is 21.0. The number of non-ortho nitro benzene ring substituents is 1. The van der Waals surface area contributed by atoms with E-state index in [4.69, 9.17) is 4.74 Å². The molecule has 0 saturated carbocycles. The smallest absolute Gasteiger partial charge is 0.273 e. The molecular weight excluding hydrogens is 336 g/mol. The third-order valence-electron chi connectivity index (χ3n) is 4.29. The fourth-order valence-corrected chi connectivity index (χ4v) is 2.93. The predicted octanol–water partition coefficient (Wildman–Crippen LogP) is 1.55. The highest BCUT2D eigenvalue weighted by Crippen LogP contribution is 2.19. The van der Waals surface area contributed by atoms with Crippen LogP contribution in [0.3, 0.4) is 0 Å². The Morgan fingerprint density at radius 3 is 2.69 bits per heavy atom. The fourth-order valence-electron chi connectivity index (χ4n) is 2.93. The van der Waals surface area contributed by atoms with Crippen molar-refractivity contribution in [1.29, 1.82) is 0 Å². The van der Waals surface area contributed by atoms with Gasteiger partial charge in [-0.1, -0.05) is 12.1 Å². The molecule has 0 bridgehead atoms. The van der Waals surface area contributed by atoms with Crippen molar-refractivity contribution in [3.05, 3.63) is 58.8 Å². The van der Waals surface area contributed by atoms with Crippen LogP contribution in [0.15, 0.2) is 48.7 Å². The van der Waals surface area contributed by atoms with Gasteiger partial charge in [0.1, 0.15) is 24.3 Å². The molecule has 1 N–H and O–H groups in total. The van der Waals surface area contributed by atoms with Crippen LogP contribution in [0.1, 0.15) is 0 Å². The van der Waals surface area contributed by atoms with Crippen LogP contribution in [0.4, 0.5) is 11.5 Å². The van der Waals surface area contributed by atoms with E-state index >= 15 is 0 Å². The summed E-state index contributed by atoms with van der Waals surface area (Å²) in [6, 6.07) is 11.9. The molecule has 8 heteroatoms. The number of aliphatic hydroxyl groups excluding tert-OH is 1. The lowest BCUT2D eigenvalue weighted by Gasteiger charge is -2.36. The summed E-state index contributed by atoms with van der Waals surface area (Å²) in [5.74, 6) is 1.36. The number of pyridine rings is 1. The van der Waals surface area contributed by atoms with Crippen molar-refractivity contribution in [3.63, 3.8) is 0 Å². The van der Waals surface area contributed by atoms with Crippen LogP contribution in [0.2, 0.25) is 0 Å². The van der Waals surface area contributed by atoms with Gasteiger partial charge in [-0.15, -0.1) is 0 Å². The van der Waals surface area contributed by atoms with Crippen LogP contribution in [0, 0.1) is 10.1 Å². The summed E-state index contributed by atoms with van der Waals surface area (Å²) in [5.41, 5.74) is -0.0253. The lowest BCUT2D eigenvalue weighted by Crippen LogP contribution is -2.49. The number of aromatic nitrogens is 1. The van der Waals surface area contributed by atoms with Gasteiger partial charge in [0.15, 0.2) is 0 Å². The van der Waals surface area contributed by atoms with Crippen molar-refractivity contribution in [1.82, 2.24) is 9.88 Å². The van der Waals surface area contributed by atoms with Gasteiger partial charge in [-0.2, -0.15) is 0 Å². The van der Waals surface area contributed by atoms with E-state index in [1.165, 1.54) is 12.1 Å². The number of ether oxygens (including phenoxy) is 1. The third kappa shape index (κ3) is 4.90. The lowest BCUT2D eigenvalue weighted by molar-refractivity contribution is -0.384. The molecule has 1 aliphatic heterocycles. The van der Waals surface area contributed by atoms with Crippen molar-refractivity contribution in [2.24, 2.45) is 0 Å². The van der Waals surface area contributed by atoms with Crippen LogP contribution < -0.4 is 9.64 Å². The lowest BCUT2D eigenvalue weighted by atomic mass is 10.2. The summed E-state index contributed by atoms with van der Waals surface area (Å²) in [7, 11) is 0. The molecule has 2 heterocycles. The van der Waals surface area contributed by atoms with E-state index in [1.54, 1.807) is 18.3 Å². The van der Waals surface area contributed by atoms with Crippen molar-refractivity contribution in [2.75, 3.05) is 44.2 Å². The minimum Gasteiger partial charge on any atom is -0.491 e. The molecule has 2 aromatic rings. The monoisotopic (exact) mass is 358 g/mol. The Balaban J connectivity index is 1.42. The first-order valence-electron chi connectivity index (χ1n) is 8.55. The number of nitro groups is 1. The topological polar surface area (TPSA) is 92.0 Å². The van der Waals surface area contributed by atoms with Crippen LogP contribution in [-0.4, -0.2) is 65.3 Å². The maximum absolute atomic E-state index is 10.8. The Bertz CT molecular complexity index is 720. The first-order valence-corrected chi connectivity index (χ1v) is 8.55. The van der Waals surface area contributed by atoms with Crippen LogP contribution in [-0.2, 0) is 0 Å². The van der Waals surface area contributed by atoms with E-state index in [0.29, 0.717) is 12.3 Å². The predicted molar refractivity (Wildman–Crippen MR) is 97.5 cm³/mol. The highest BCUT2D eigenvalue weighted by molar-refractivity contribution is 5.38. The Morgan fingerprint density at radius 1 is 1.19 bits per heavy atom. The largest absolute Gasteiger partial charge is 0.491 e. The minimum atomic E-state index is -0.657. The van der Waals surface area contributed by atoms with Gasteiger partial charge >= 0.3 is 0 Å². The molecule has 138 valence electrons. The molecule has 1 aliphatic rings. The molecule has 1 fully saturated rings. The van der Waals surface area contributed by atoms with Gasteiger partial charge in [0.25, 0.3) is 5.69 Å². The molecule has 1 saturated heterocycles.